The molecule has 1 saturated carbocycles. The zero-order valence-electron chi connectivity index (χ0n) is 20.5. The van der Waals surface area contributed by atoms with Crippen LogP contribution in [0.3, 0.4) is 0 Å². The quantitative estimate of drug-likeness (QED) is 0.412. The summed E-state index contributed by atoms with van der Waals surface area (Å²) >= 11 is 0. The second kappa shape index (κ2) is 9.02. The highest BCUT2D eigenvalue weighted by Gasteiger charge is 2.60. The predicted molar refractivity (Wildman–Crippen MR) is 134 cm³/mol. The van der Waals surface area contributed by atoms with Crippen LogP contribution in [0.25, 0.3) is 22.0 Å². The van der Waals surface area contributed by atoms with Gasteiger partial charge in [0.05, 0.1) is 25.2 Å². The van der Waals surface area contributed by atoms with Crippen LogP contribution >= 0.6 is 0 Å². The maximum Gasteiger partial charge on any atom is 0.224 e. The number of Topliss-reactive ketones (excluding diaryl/α,β-unsaturated/α-hetero) is 1. The number of rotatable bonds is 7. The summed E-state index contributed by atoms with van der Waals surface area (Å²) < 4.78 is 20.2. The van der Waals surface area contributed by atoms with Crippen LogP contribution < -0.4 is 4.74 Å². The summed E-state index contributed by atoms with van der Waals surface area (Å²) in [5.74, 6) is 0.254. The number of nitriles is 1. The van der Waals surface area contributed by atoms with Crippen molar-refractivity contribution in [2.24, 2.45) is 5.92 Å². The third kappa shape index (κ3) is 4.32. The van der Waals surface area contributed by atoms with Crippen LogP contribution in [0.1, 0.15) is 49.4 Å². The molecule has 1 unspecified atom stereocenters. The fraction of sp³-hybridized carbons (Fsp3) is 0.379. The molecule has 1 aliphatic carbocycles. The van der Waals surface area contributed by atoms with Crippen molar-refractivity contribution in [1.82, 2.24) is 9.88 Å². The zero-order chi connectivity index (χ0) is 25.5. The molecule has 1 aromatic heterocycles. The van der Waals surface area contributed by atoms with E-state index in [-0.39, 0.29) is 43.4 Å². The van der Waals surface area contributed by atoms with Crippen molar-refractivity contribution >= 4 is 22.6 Å². The van der Waals surface area contributed by atoms with Crippen molar-refractivity contribution in [3.8, 4) is 22.9 Å². The molecule has 1 amide bonds. The molecule has 7 heteroatoms. The normalized spacial score (nSPS) is 23.4. The Balaban J connectivity index is 1.36. The number of hydrogen-bond donors (Lipinski definition) is 0. The van der Waals surface area contributed by atoms with E-state index in [0.29, 0.717) is 16.5 Å². The summed E-state index contributed by atoms with van der Waals surface area (Å²) in [5, 5.41) is 10.6. The van der Waals surface area contributed by atoms with Gasteiger partial charge in [-0.2, -0.15) is 5.26 Å². The highest BCUT2D eigenvalue weighted by molar-refractivity contribution is 6.08. The number of fused-ring (bicyclic) bond motifs is 1. The number of halogens is 1. The highest BCUT2D eigenvalue weighted by atomic mass is 19.1. The Hall–Kier alpha value is -3.79. The van der Waals surface area contributed by atoms with E-state index >= 15 is 0 Å². The number of aromatic nitrogens is 1. The van der Waals surface area contributed by atoms with Crippen LogP contribution in [0.2, 0.25) is 0 Å². The van der Waals surface area contributed by atoms with Gasteiger partial charge < -0.3 is 9.64 Å². The largest absolute Gasteiger partial charge is 0.497 e. The van der Waals surface area contributed by atoms with Gasteiger partial charge >= 0.3 is 0 Å². The number of amides is 1. The molecule has 0 spiro atoms. The molecule has 2 heterocycles. The van der Waals surface area contributed by atoms with Gasteiger partial charge in [-0.1, -0.05) is 18.2 Å². The van der Waals surface area contributed by atoms with Crippen molar-refractivity contribution in [2.75, 3.05) is 13.7 Å². The van der Waals surface area contributed by atoms with Crippen LogP contribution in [0.5, 0.6) is 5.75 Å². The SMILES string of the molecule is COc1ccc(-c2ccc3nccc(C(=O)CCC(=O)N4CC(C)(F)C[C@]4(C#N)C4CC4)c3c2)cc1. The van der Waals surface area contributed by atoms with E-state index in [1.807, 2.05) is 42.5 Å². The van der Waals surface area contributed by atoms with Crippen LogP contribution in [0.4, 0.5) is 4.39 Å². The lowest BCUT2D eigenvalue weighted by molar-refractivity contribution is -0.134. The van der Waals surface area contributed by atoms with Gasteiger partial charge in [0.2, 0.25) is 5.91 Å². The van der Waals surface area contributed by atoms with Gasteiger partial charge in [0.15, 0.2) is 5.78 Å². The smallest absolute Gasteiger partial charge is 0.224 e. The second-order valence-electron chi connectivity index (χ2n) is 10.1. The van der Waals surface area contributed by atoms with Crippen molar-refractivity contribution in [3.63, 3.8) is 0 Å². The number of hydrogen-bond acceptors (Lipinski definition) is 5. The summed E-state index contributed by atoms with van der Waals surface area (Å²) in [7, 11) is 1.62. The minimum absolute atomic E-state index is 0.0141. The maximum atomic E-state index is 14.9. The predicted octanol–water partition coefficient (Wildman–Crippen LogP) is 5.51. The molecule has 5 rings (SSSR count). The maximum absolute atomic E-state index is 14.9. The van der Waals surface area contributed by atoms with Gasteiger partial charge in [-0.05, 0) is 67.1 Å². The Morgan fingerprint density at radius 1 is 1.14 bits per heavy atom. The summed E-state index contributed by atoms with van der Waals surface area (Å²) in [6, 6.07) is 17.4. The van der Waals surface area contributed by atoms with E-state index in [1.54, 1.807) is 19.4 Å². The number of benzene rings is 2. The van der Waals surface area contributed by atoms with E-state index in [1.165, 1.54) is 11.8 Å². The molecular formula is C29H28FN3O3. The zero-order valence-corrected chi connectivity index (χ0v) is 20.5. The Bertz CT molecular complexity index is 1370. The molecule has 0 bridgehead atoms. The average molecular weight is 486 g/mol. The molecule has 1 saturated heterocycles. The minimum Gasteiger partial charge on any atom is -0.497 e. The van der Waals surface area contributed by atoms with Gasteiger partial charge in [-0.3, -0.25) is 14.6 Å². The van der Waals surface area contributed by atoms with Crippen LogP contribution in [-0.2, 0) is 4.79 Å². The number of carbonyl (C=O) groups excluding carboxylic acids is 2. The van der Waals surface area contributed by atoms with Crippen LogP contribution in [-0.4, -0.2) is 46.4 Å². The van der Waals surface area contributed by atoms with Gasteiger partial charge in [0.1, 0.15) is 17.0 Å². The average Bonchev–Trinajstić information content (AvgIpc) is 3.70. The van der Waals surface area contributed by atoms with Crippen molar-refractivity contribution in [2.45, 2.75) is 50.2 Å². The van der Waals surface area contributed by atoms with Crippen molar-refractivity contribution in [3.05, 3.63) is 60.3 Å². The third-order valence-electron chi connectivity index (χ3n) is 7.39. The van der Waals surface area contributed by atoms with Gasteiger partial charge in [-0.25, -0.2) is 4.39 Å². The Kier molecular flexibility index (Phi) is 5.99. The van der Waals surface area contributed by atoms with E-state index in [2.05, 4.69) is 11.1 Å². The third-order valence-corrected chi connectivity index (χ3v) is 7.39. The highest BCUT2D eigenvalue weighted by Crippen LogP contribution is 2.52. The number of ketones is 1. The second-order valence-corrected chi connectivity index (χ2v) is 10.1. The van der Waals surface area contributed by atoms with Crippen LogP contribution in [0, 0.1) is 17.2 Å². The standard InChI is InChI=1S/C29H28FN3O3/c1-28(30)16-29(17-31,21-6-7-21)33(18-28)27(35)12-11-26(34)23-13-14-32-25-10-5-20(15-24(23)25)19-3-8-22(36-2)9-4-19/h3-5,8-10,13-15,21H,6-7,11-12,16,18H2,1-2H3/t28?,29-/m0/s1. The first-order valence-electron chi connectivity index (χ1n) is 12.2. The van der Waals surface area contributed by atoms with Gasteiger partial charge in [-0.15, -0.1) is 0 Å². The van der Waals surface area contributed by atoms with E-state index in [9.17, 15) is 19.2 Å². The van der Waals surface area contributed by atoms with E-state index in [0.717, 1.165) is 29.7 Å². The summed E-state index contributed by atoms with van der Waals surface area (Å²) in [6.07, 6.45) is 3.19. The number of pyridine rings is 1. The fourth-order valence-electron chi connectivity index (χ4n) is 5.45. The summed E-state index contributed by atoms with van der Waals surface area (Å²) in [6.45, 7) is 1.34. The van der Waals surface area contributed by atoms with E-state index < -0.39 is 11.2 Å². The number of carbonyl (C=O) groups is 2. The number of alkyl halides is 1. The topological polar surface area (TPSA) is 83.3 Å². The lowest BCUT2D eigenvalue weighted by Gasteiger charge is -2.32. The molecule has 184 valence electrons. The van der Waals surface area contributed by atoms with Crippen molar-refractivity contribution < 1.29 is 18.7 Å². The Morgan fingerprint density at radius 3 is 2.53 bits per heavy atom. The molecule has 2 aromatic carbocycles. The van der Waals surface area contributed by atoms with Gasteiger partial charge in [0.25, 0.3) is 0 Å². The molecule has 1 aliphatic heterocycles. The molecule has 2 aliphatic rings. The Morgan fingerprint density at radius 2 is 1.86 bits per heavy atom. The molecule has 6 nitrogen and oxygen atoms in total. The number of methoxy groups -OCH3 is 1. The number of nitrogens with zero attached hydrogens (tertiary/aromatic N) is 3. The monoisotopic (exact) mass is 485 g/mol. The molecule has 3 aromatic rings. The lowest BCUT2D eigenvalue weighted by Crippen LogP contribution is -2.48. The molecular weight excluding hydrogens is 457 g/mol. The number of likely N-dealkylation sites (tertiary alicyclic amines) is 1. The van der Waals surface area contributed by atoms with Crippen LogP contribution in [0.15, 0.2) is 54.7 Å². The molecule has 36 heavy (non-hydrogen) atoms. The van der Waals surface area contributed by atoms with E-state index in [4.69, 9.17) is 4.74 Å². The summed E-state index contributed by atoms with van der Waals surface area (Å²) in [5.41, 5.74) is 0.400. The molecule has 2 fully saturated rings. The molecule has 2 atom stereocenters. The molecule has 0 radical (unpaired) electrons. The Labute approximate surface area is 209 Å². The molecule has 0 N–H and O–H groups in total. The number of ether oxygens (including phenoxy) is 1. The first-order valence-corrected chi connectivity index (χ1v) is 12.2. The van der Waals surface area contributed by atoms with Gasteiger partial charge in [0, 0.05) is 36.4 Å². The first-order chi connectivity index (χ1) is 17.3. The van der Waals surface area contributed by atoms with Crippen molar-refractivity contribution in [1.29, 1.82) is 5.26 Å². The minimum atomic E-state index is -1.60. The lowest BCUT2D eigenvalue weighted by atomic mass is 9.88. The summed E-state index contributed by atoms with van der Waals surface area (Å²) in [4.78, 5) is 32.2. The first kappa shape index (κ1) is 23.9. The fourth-order valence-corrected chi connectivity index (χ4v) is 5.45.